The Hall–Kier alpha value is -6.60. The van der Waals surface area contributed by atoms with E-state index in [-0.39, 0.29) is 0 Å². The van der Waals surface area contributed by atoms with Crippen molar-refractivity contribution in [2.24, 2.45) is 0 Å². The molecule has 0 fully saturated rings. The van der Waals surface area contributed by atoms with Crippen molar-refractivity contribution in [1.29, 1.82) is 0 Å². The maximum absolute atomic E-state index is 4.03. The van der Waals surface area contributed by atoms with Crippen LogP contribution in [0.1, 0.15) is 159 Å². The van der Waals surface area contributed by atoms with Crippen molar-refractivity contribution < 1.29 is 0 Å². The third-order valence-electron chi connectivity index (χ3n) is 8.18. The van der Waals surface area contributed by atoms with E-state index < -0.39 is 0 Å². The number of hydrogen-bond acceptors (Lipinski definition) is 12. The molecule has 0 aromatic carbocycles. The van der Waals surface area contributed by atoms with Gasteiger partial charge in [-0.25, -0.2) is 4.98 Å². The zero-order chi connectivity index (χ0) is 47.9. The molecule has 0 saturated carbocycles. The van der Waals surface area contributed by atoms with Crippen molar-refractivity contribution in [3.63, 3.8) is 0 Å². The molecule has 8 heterocycles. The van der Waals surface area contributed by atoms with E-state index in [0.717, 1.165) is 0 Å². The van der Waals surface area contributed by atoms with Crippen LogP contribution in [-0.2, 0) is 0 Å². The van der Waals surface area contributed by atoms with E-state index in [1.54, 1.807) is 64.1 Å². The first-order valence-electron chi connectivity index (χ1n) is 21.8. The summed E-state index contributed by atoms with van der Waals surface area (Å²) in [5.41, 5.74) is 0. The summed E-state index contributed by atoms with van der Waals surface area (Å²) in [7, 11) is 0. The molecule has 0 atom stereocenters. The average Bonchev–Trinajstić information content (AvgIpc) is 4.12. The number of imidazole rings is 1. The molecule has 0 aliphatic rings. The molecule has 352 valence electrons. The molecule has 20 nitrogen and oxygen atoms in total. The van der Waals surface area contributed by atoms with Crippen LogP contribution in [0.2, 0.25) is 0 Å². The van der Waals surface area contributed by atoms with Gasteiger partial charge >= 0.3 is 0 Å². The van der Waals surface area contributed by atoms with Crippen LogP contribution in [0.5, 0.6) is 0 Å². The standard InChI is InChI=1S/C7H11N.3C6H10N2.3C5H9N3.C4H8N4/c1-7(2)8-5-3-4-6-8;1-6(2)8-4-3-7-5-8;2*1-6(2)8-5-3-4-7-8;1-5(2)8-3-6-7-4-8;1-5(2)8-4-3-6-7-8;1-5(2)8-6-3-4-7-8;1-4(2)8-6-3-5-7-8/h3-7H,1-2H3;3*3-6H,1-2H3;3*3-5H,1-2H3;3-4H,1-2H3. The molecule has 0 amide bonds. The predicted molar refractivity (Wildman–Crippen MR) is 252 cm³/mol. The summed E-state index contributed by atoms with van der Waals surface area (Å²) in [6.45, 7) is 33.4. The van der Waals surface area contributed by atoms with Crippen LogP contribution in [0.4, 0.5) is 0 Å². The van der Waals surface area contributed by atoms with E-state index in [0.29, 0.717) is 48.3 Å². The number of rotatable bonds is 8. The van der Waals surface area contributed by atoms with E-state index in [9.17, 15) is 0 Å². The van der Waals surface area contributed by atoms with Gasteiger partial charge in [0.15, 0.2) is 6.33 Å². The quantitative estimate of drug-likeness (QED) is 0.141. The van der Waals surface area contributed by atoms with Gasteiger partial charge in [0, 0.05) is 92.0 Å². The van der Waals surface area contributed by atoms with Crippen molar-refractivity contribution in [3.8, 4) is 0 Å². The summed E-state index contributed by atoms with van der Waals surface area (Å²) in [6.07, 6.45) is 29.0. The summed E-state index contributed by atoms with van der Waals surface area (Å²) >= 11 is 0. The second-order valence-corrected chi connectivity index (χ2v) is 16.3. The highest BCUT2D eigenvalue weighted by Crippen LogP contribution is 2.03. The van der Waals surface area contributed by atoms with Crippen LogP contribution in [0.15, 0.2) is 124 Å². The zero-order valence-electron chi connectivity index (χ0n) is 41.1. The lowest BCUT2D eigenvalue weighted by Gasteiger charge is -2.03. The van der Waals surface area contributed by atoms with Gasteiger partial charge in [0.25, 0.3) is 0 Å². The topological polar surface area (TPSA) is 194 Å². The molecule has 0 unspecified atom stereocenters. The van der Waals surface area contributed by atoms with Gasteiger partial charge in [0.1, 0.15) is 12.7 Å². The molecule has 8 aromatic heterocycles. The Morgan fingerprint density at radius 2 is 0.797 bits per heavy atom. The van der Waals surface area contributed by atoms with Crippen molar-refractivity contribution >= 4 is 0 Å². The van der Waals surface area contributed by atoms with Crippen LogP contribution >= 0.6 is 0 Å². The lowest BCUT2D eigenvalue weighted by Crippen LogP contribution is -2.04. The maximum Gasteiger partial charge on any atom is 0.162 e. The Kier molecular flexibility index (Phi) is 27.8. The van der Waals surface area contributed by atoms with Crippen LogP contribution in [0.3, 0.4) is 0 Å². The summed E-state index contributed by atoms with van der Waals surface area (Å²) in [6, 6.07) is 11.7. The van der Waals surface area contributed by atoms with Crippen LogP contribution in [0, 0.1) is 0 Å². The fourth-order valence-corrected chi connectivity index (χ4v) is 4.31. The molecule has 0 bridgehead atoms. The zero-order valence-corrected chi connectivity index (χ0v) is 41.1. The van der Waals surface area contributed by atoms with Crippen molar-refractivity contribution in [2.45, 2.75) is 159 Å². The van der Waals surface area contributed by atoms with E-state index in [4.69, 9.17) is 0 Å². The highest BCUT2D eigenvalue weighted by molar-refractivity contribution is 4.91. The first kappa shape index (κ1) is 55.4. The minimum absolute atomic E-state index is 0.317. The van der Waals surface area contributed by atoms with E-state index in [2.05, 4.69) is 166 Å². The second-order valence-electron chi connectivity index (χ2n) is 16.3. The Balaban J connectivity index is 0.000000366. The molecule has 64 heavy (non-hydrogen) atoms. The largest absolute Gasteiger partial charge is 0.352 e. The Morgan fingerprint density at radius 3 is 1.02 bits per heavy atom. The minimum Gasteiger partial charge on any atom is -0.352 e. The van der Waals surface area contributed by atoms with Crippen molar-refractivity contribution in [3.05, 3.63) is 124 Å². The van der Waals surface area contributed by atoms with E-state index >= 15 is 0 Å². The predicted octanol–water partition coefficient (Wildman–Crippen LogP) is 9.29. The van der Waals surface area contributed by atoms with Crippen LogP contribution in [-0.4, -0.2) is 98.6 Å². The van der Waals surface area contributed by atoms with Gasteiger partial charge in [-0.05, 0) is 140 Å². The molecule has 8 aromatic rings. The maximum atomic E-state index is 4.03. The SMILES string of the molecule is CC(C)n1cccc1.CC(C)n1cccn1.CC(C)n1cccn1.CC(C)n1ccnc1.CC(C)n1ccnn1.CC(C)n1cnnc1.CC(C)n1nccn1.CC(C)n1ncnn1. The van der Waals surface area contributed by atoms with Gasteiger partial charge in [-0.3, -0.25) is 14.0 Å². The van der Waals surface area contributed by atoms with Gasteiger partial charge in [0.2, 0.25) is 0 Å². The monoisotopic (exact) mass is 885 g/mol. The Bertz CT molecular complexity index is 1600. The molecule has 0 N–H and O–H groups in total. The lowest BCUT2D eigenvalue weighted by atomic mass is 10.4. The highest BCUT2D eigenvalue weighted by Gasteiger charge is 1.97. The van der Waals surface area contributed by atoms with Gasteiger partial charge in [-0.15, -0.1) is 25.5 Å². The Morgan fingerprint density at radius 1 is 0.297 bits per heavy atom. The molecule has 8 rings (SSSR count). The van der Waals surface area contributed by atoms with E-state index in [1.807, 2.05) is 97.0 Å². The fraction of sp³-hybridized carbons (Fsp3) is 0.545. The van der Waals surface area contributed by atoms with Crippen LogP contribution < -0.4 is 0 Å². The third-order valence-corrected chi connectivity index (χ3v) is 8.18. The number of hydrogen-bond donors (Lipinski definition) is 0. The molecule has 20 heteroatoms. The summed E-state index contributed by atoms with van der Waals surface area (Å²) in [4.78, 5) is 7.13. The summed E-state index contributed by atoms with van der Waals surface area (Å²) < 4.78 is 11.8. The van der Waals surface area contributed by atoms with Crippen LogP contribution in [0.25, 0.3) is 0 Å². The Labute approximate surface area is 380 Å². The van der Waals surface area contributed by atoms with Crippen molar-refractivity contribution in [1.82, 2.24) is 98.6 Å². The fourth-order valence-electron chi connectivity index (χ4n) is 4.31. The highest BCUT2D eigenvalue weighted by atomic mass is 15.6. The number of tetrazole rings is 1. The van der Waals surface area contributed by atoms with Gasteiger partial charge in [0.05, 0.1) is 37.0 Å². The molecule has 0 radical (unpaired) electrons. The molecule has 0 aliphatic heterocycles. The van der Waals surface area contributed by atoms with Gasteiger partial charge < -0.3 is 13.7 Å². The van der Waals surface area contributed by atoms with Crippen molar-refractivity contribution in [2.75, 3.05) is 0 Å². The first-order valence-corrected chi connectivity index (χ1v) is 21.8. The smallest absolute Gasteiger partial charge is 0.162 e. The third kappa shape index (κ3) is 24.7. The van der Waals surface area contributed by atoms with E-state index in [1.165, 1.54) is 6.33 Å². The average molecular weight is 885 g/mol. The number of nitrogens with zero attached hydrogens (tertiary/aromatic N) is 20. The summed E-state index contributed by atoms with van der Waals surface area (Å²) in [5, 5.41) is 41.7. The normalized spacial score (nSPS) is 10.4. The molecule has 0 spiro atoms. The first-order chi connectivity index (χ1) is 30.4. The number of aromatic nitrogens is 20. The molecular formula is C44H76N20. The minimum atomic E-state index is 0.317. The summed E-state index contributed by atoms with van der Waals surface area (Å²) in [5.74, 6) is 0. The van der Waals surface area contributed by atoms with Gasteiger partial charge in [-0.2, -0.15) is 30.0 Å². The molecule has 0 aliphatic carbocycles. The van der Waals surface area contributed by atoms with Gasteiger partial charge in [-0.1, -0.05) is 5.21 Å². The second kappa shape index (κ2) is 32.1. The molecular weight excluding hydrogens is 809 g/mol. The molecule has 0 saturated heterocycles. The lowest BCUT2D eigenvalue weighted by molar-refractivity contribution is 0.455.